The topological polar surface area (TPSA) is 81.0 Å². The molecule has 5 nitrogen and oxygen atoms in total. The number of nitrogens with one attached hydrogen (secondary N) is 1. The number of ether oxygens (including phenoxy) is 1. The molecule has 1 aromatic heterocycles. The number of hydrogen-bond acceptors (Lipinski definition) is 4. The number of nitrogens with zero attached hydrogens (tertiary/aromatic N) is 1. The largest absolute Gasteiger partial charge is 0.485 e. The lowest BCUT2D eigenvalue weighted by Crippen LogP contribution is -2.13. The van der Waals surface area contributed by atoms with Gasteiger partial charge in [-0.05, 0) is 30.7 Å². The number of hydrogen-bond donors (Lipinski definition) is 2. The summed E-state index contributed by atoms with van der Waals surface area (Å²) in [5.74, 6) is 1.25. The maximum Gasteiger partial charge on any atom is 0.251 e. The Bertz CT molecular complexity index is 870. The summed E-state index contributed by atoms with van der Waals surface area (Å²) in [5.41, 5.74) is 8.60. The number of aromatic amines is 1. The molecule has 5 heteroatoms. The molecule has 0 saturated carbocycles. The van der Waals surface area contributed by atoms with E-state index < -0.39 is 0 Å². The maximum atomic E-state index is 11.9. The van der Waals surface area contributed by atoms with Gasteiger partial charge in [0.15, 0.2) is 0 Å². The number of anilines is 1. The van der Waals surface area contributed by atoms with E-state index in [4.69, 9.17) is 10.5 Å². The summed E-state index contributed by atoms with van der Waals surface area (Å²) in [5, 5.41) is 0. The van der Waals surface area contributed by atoms with Gasteiger partial charge < -0.3 is 15.5 Å². The van der Waals surface area contributed by atoms with Gasteiger partial charge in [0.25, 0.3) is 5.56 Å². The van der Waals surface area contributed by atoms with Gasteiger partial charge in [0, 0.05) is 17.3 Å². The van der Waals surface area contributed by atoms with Crippen LogP contribution in [0.1, 0.15) is 11.4 Å². The quantitative estimate of drug-likeness (QED) is 0.726. The third kappa shape index (κ3) is 3.58. The highest BCUT2D eigenvalue weighted by atomic mass is 16.5. The smallest absolute Gasteiger partial charge is 0.251 e. The van der Waals surface area contributed by atoms with E-state index in [0.717, 1.165) is 16.9 Å². The molecule has 0 radical (unpaired) electrons. The Morgan fingerprint density at radius 1 is 1.13 bits per heavy atom. The first-order chi connectivity index (χ1) is 11.1. The molecular weight excluding hydrogens is 290 g/mol. The SMILES string of the molecule is Cc1ccccc1OCc1nc(-c2ccc(N)cc2)cc(=O)[nH]1. The third-order valence-corrected chi connectivity index (χ3v) is 3.46. The molecule has 0 aliphatic carbocycles. The second-order valence-corrected chi connectivity index (χ2v) is 5.25. The molecule has 23 heavy (non-hydrogen) atoms. The fraction of sp³-hybridized carbons (Fsp3) is 0.111. The van der Waals surface area contributed by atoms with Crippen LogP contribution in [0.4, 0.5) is 5.69 Å². The summed E-state index contributed by atoms with van der Waals surface area (Å²) < 4.78 is 5.74. The second-order valence-electron chi connectivity index (χ2n) is 5.25. The van der Waals surface area contributed by atoms with E-state index in [2.05, 4.69) is 9.97 Å². The number of nitrogens with two attached hydrogens (primary N) is 1. The number of benzene rings is 2. The minimum Gasteiger partial charge on any atom is -0.485 e. The number of rotatable bonds is 4. The first-order valence-corrected chi connectivity index (χ1v) is 7.26. The van der Waals surface area contributed by atoms with Crippen molar-refractivity contribution in [3.8, 4) is 17.0 Å². The van der Waals surface area contributed by atoms with Crippen molar-refractivity contribution in [2.75, 3.05) is 5.73 Å². The monoisotopic (exact) mass is 307 g/mol. The van der Waals surface area contributed by atoms with Crippen LogP contribution in [-0.4, -0.2) is 9.97 Å². The average molecular weight is 307 g/mol. The predicted molar refractivity (Wildman–Crippen MR) is 90.2 cm³/mol. The van der Waals surface area contributed by atoms with Crippen molar-refractivity contribution in [1.82, 2.24) is 9.97 Å². The van der Waals surface area contributed by atoms with Crippen LogP contribution in [-0.2, 0) is 6.61 Å². The van der Waals surface area contributed by atoms with Gasteiger partial charge in [0.1, 0.15) is 18.2 Å². The van der Waals surface area contributed by atoms with Crippen molar-refractivity contribution in [3.05, 3.63) is 76.3 Å². The minimum atomic E-state index is -0.213. The maximum absolute atomic E-state index is 11.9. The first kappa shape index (κ1) is 14.8. The summed E-state index contributed by atoms with van der Waals surface area (Å²) in [4.78, 5) is 19.0. The van der Waals surface area contributed by atoms with Crippen LogP contribution >= 0.6 is 0 Å². The molecule has 0 spiro atoms. The highest BCUT2D eigenvalue weighted by Gasteiger charge is 2.06. The highest BCUT2D eigenvalue weighted by molar-refractivity contribution is 5.61. The number of aryl methyl sites for hydroxylation is 1. The highest BCUT2D eigenvalue weighted by Crippen LogP contribution is 2.19. The second kappa shape index (κ2) is 6.36. The summed E-state index contributed by atoms with van der Waals surface area (Å²) in [6.45, 7) is 2.17. The number of nitrogen functional groups attached to an aromatic ring is 1. The predicted octanol–water partition coefficient (Wildman–Crippen LogP) is 2.91. The Morgan fingerprint density at radius 2 is 1.87 bits per heavy atom. The van der Waals surface area contributed by atoms with E-state index in [0.29, 0.717) is 17.2 Å². The van der Waals surface area contributed by atoms with Gasteiger partial charge in [-0.2, -0.15) is 0 Å². The summed E-state index contributed by atoms with van der Waals surface area (Å²) in [6, 6.07) is 16.4. The molecule has 0 atom stereocenters. The molecule has 0 aliphatic rings. The molecule has 3 rings (SSSR count). The van der Waals surface area contributed by atoms with Gasteiger partial charge in [0.2, 0.25) is 0 Å². The van der Waals surface area contributed by atoms with Crippen LogP contribution in [0.25, 0.3) is 11.3 Å². The lowest BCUT2D eigenvalue weighted by molar-refractivity contribution is 0.293. The Hall–Kier alpha value is -3.08. The fourth-order valence-electron chi connectivity index (χ4n) is 2.24. The summed E-state index contributed by atoms with van der Waals surface area (Å²) in [6.07, 6.45) is 0. The van der Waals surface area contributed by atoms with Crippen molar-refractivity contribution in [2.24, 2.45) is 0 Å². The van der Waals surface area contributed by atoms with Crippen molar-refractivity contribution in [1.29, 1.82) is 0 Å². The van der Waals surface area contributed by atoms with E-state index in [-0.39, 0.29) is 12.2 Å². The van der Waals surface area contributed by atoms with Gasteiger partial charge in [-0.25, -0.2) is 4.98 Å². The zero-order chi connectivity index (χ0) is 16.2. The zero-order valence-corrected chi connectivity index (χ0v) is 12.7. The first-order valence-electron chi connectivity index (χ1n) is 7.26. The van der Waals surface area contributed by atoms with Crippen molar-refractivity contribution >= 4 is 5.69 Å². The Morgan fingerprint density at radius 3 is 2.61 bits per heavy atom. The van der Waals surface area contributed by atoms with Gasteiger partial charge in [-0.1, -0.05) is 30.3 Å². The van der Waals surface area contributed by atoms with Crippen LogP contribution in [0.5, 0.6) is 5.75 Å². The zero-order valence-electron chi connectivity index (χ0n) is 12.7. The van der Waals surface area contributed by atoms with E-state index in [1.807, 2.05) is 43.3 Å². The van der Waals surface area contributed by atoms with Crippen LogP contribution < -0.4 is 16.0 Å². The number of aromatic nitrogens is 2. The lowest BCUT2D eigenvalue weighted by Gasteiger charge is -2.09. The molecular formula is C18H17N3O2. The minimum absolute atomic E-state index is 0.197. The average Bonchev–Trinajstić information content (AvgIpc) is 2.54. The van der Waals surface area contributed by atoms with Crippen LogP contribution in [0.2, 0.25) is 0 Å². The number of H-pyrrole nitrogens is 1. The Balaban J connectivity index is 1.85. The van der Waals surface area contributed by atoms with Crippen LogP contribution in [0, 0.1) is 6.92 Å². The molecule has 0 bridgehead atoms. The molecule has 3 aromatic rings. The van der Waals surface area contributed by atoms with Crippen molar-refractivity contribution in [3.63, 3.8) is 0 Å². The normalized spacial score (nSPS) is 10.5. The molecule has 0 fully saturated rings. The van der Waals surface area contributed by atoms with Crippen LogP contribution in [0.15, 0.2) is 59.4 Å². The molecule has 0 amide bonds. The molecule has 116 valence electrons. The molecule has 0 aliphatic heterocycles. The fourth-order valence-corrected chi connectivity index (χ4v) is 2.24. The standard InChI is InChI=1S/C18H17N3O2/c1-12-4-2-3-5-16(12)23-11-17-20-15(10-18(22)21-17)13-6-8-14(19)9-7-13/h2-10H,11,19H2,1H3,(H,20,21,22). The molecule has 0 saturated heterocycles. The molecule has 3 N–H and O–H groups in total. The van der Waals surface area contributed by atoms with Gasteiger partial charge in [-0.3, -0.25) is 4.79 Å². The van der Waals surface area contributed by atoms with Crippen molar-refractivity contribution < 1.29 is 4.74 Å². The van der Waals surface area contributed by atoms with E-state index in [1.165, 1.54) is 6.07 Å². The number of para-hydroxylation sites is 1. The van der Waals surface area contributed by atoms with Gasteiger partial charge in [0.05, 0.1) is 5.69 Å². The molecule has 2 aromatic carbocycles. The van der Waals surface area contributed by atoms with Crippen LogP contribution in [0.3, 0.4) is 0 Å². The molecule has 0 unspecified atom stereocenters. The van der Waals surface area contributed by atoms with Gasteiger partial charge in [-0.15, -0.1) is 0 Å². The van der Waals surface area contributed by atoms with Gasteiger partial charge >= 0.3 is 0 Å². The van der Waals surface area contributed by atoms with E-state index in [1.54, 1.807) is 12.1 Å². The summed E-state index contributed by atoms with van der Waals surface area (Å²) >= 11 is 0. The molecule has 1 heterocycles. The lowest BCUT2D eigenvalue weighted by atomic mass is 10.1. The third-order valence-electron chi connectivity index (χ3n) is 3.46. The Labute approximate surface area is 133 Å². The Kier molecular flexibility index (Phi) is 4.10. The van der Waals surface area contributed by atoms with Crippen molar-refractivity contribution in [2.45, 2.75) is 13.5 Å². The van der Waals surface area contributed by atoms with E-state index in [9.17, 15) is 4.79 Å². The van der Waals surface area contributed by atoms with E-state index >= 15 is 0 Å². The summed E-state index contributed by atoms with van der Waals surface area (Å²) in [7, 11) is 0.